The zero-order valence-corrected chi connectivity index (χ0v) is 11.3. The number of aliphatic carboxylic acids is 1. The fraction of sp³-hybridized carbons (Fsp3) is 0.500. The number of carboxylic acid groups (broad SMARTS) is 1. The molecule has 8 heteroatoms. The molecule has 1 saturated carbocycles. The predicted octanol–water partition coefficient (Wildman–Crippen LogP) is 2.56. The molecule has 1 fully saturated rings. The van der Waals surface area contributed by atoms with E-state index < -0.39 is 10.9 Å². The SMILES string of the molecule is O=C(O)C1CCCC1CNc1ncc([N+](=O)[O-])cc1Cl. The molecule has 2 atom stereocenters. The molecule has 0 saturated heterocycles. The van der Waals surface area contributed by atoms with Gasteiger partial charge in [0.1, 0.15) is 12.0 Å². The number of nitrogens with one attached hydrogen (secondary N) is 1. The van der Waals surface area contributed by atoms with Crippen LogP contribution < -0.4 is 5.32 Å². The molecule has 2 N–H and O–H groups in total. The Labute approximate surface area is 120 Å². The largest absolute Gasteiger partial charge is 0.481 e. The van der Waals surface area contributed by atoms with Crippen LogP contribution in [0.25, 0.3) is 0 Å². The van der Waals surface area contributed by atoms with Gasteiger partial charge in [-0.3, -0.25) is 14.9 Å². The molecule has 7 nitrogen and oxygen atoms in total. The normalized spacial score (nSPS) is 21.6. The van der Waals surface area contributed by atoms with Crippen LogP contribution in [0.3, 0.4) is 0 Å². The van der Waals surface area contributed by atoms with Crippen LogP contribution in [-0.4, -0.2) is 27.5 Å². The van der Waals surface area contributed by atoms with E-state index in [1.54, 1.807) is 0 Å². The van der Waals surface area contributed by atoms with E-state index in [0.717, 1.165) is 19.0 Å². The molecule has 0 amide bonds. The zero-order chi connectivity index (χ0) is 14.7. The summed E-state index contributed by atoms with van der Waals surface area (Å²) in [5.41, 5.74) is -0.176. The van der Waals surface area contributed by atoms with Crippen molar-refractivity contribution >= 4 is 29.1 Å². The van der Waals surface area contributed by atoms with Crippen molar-refractivity contribution in [2.75, 3.05) is 11.9 Å². The van der Waals surface area contributed by atoms with Crippen LogP contribution in [0.1, 0.15) is 19.3 Å². The summed E-state index contributed by atoms with van der Waals surface area (Å²) < 4.78 is 0. The Hall–Kier alpha value is -1.89. The number of nitro groups is 1. The van der Waals surface area contributed by atoms with Gasteiger partial charge in [-0.15, -0.1) is 0 Å². The van der Waals surface area contributed by atoms with E-state index in [-0.39, 0.29) is 22.5 Å². The van der Waals surface area contributed by atoms with Gasteiger partial charge in [-0.2, -0.15) is 0 Å². The minimum absolute atomic E-state index is 0.0283. The molecule has 1 aliphatic rings. The Morgan fingerprint density at radius 2 is 2.35 bits per heavy atom. The summed E-state index contributed by atoms with van der Waals surface area (Å²) >= 11 is 5.91. The molecule has 2 unspecified atom stereocenters. The molecule has 1 aromatic heterocycles. The van der Waals surface area contributed by atoms with Crippen molar-refractivity contribution in [3.05, 3.63) is 27.4 Å². The maximum Gasteiger partial charge on any atom is 0.306 e. The first kappa shape index (κ1) is 14.5. The van der Waals surface area contributed by atoms with E-state index in [2.05, 4.69) is 10.3 Å². The van der Waals surface area contributed by atoms with Crippen molar-refractivity contribution in [2.24, 2.45) is 11.8 Å². The van der Waals surface area contributed by atoms with Crippen LogP contribution in [0.5, 0.6) is 0 Å². The maximum atomic E-state index is 11.1. The molecule has 20 heavy (non-hydrogen) atoms. The van der Waals surface area contributed by atoms with E-state index in [9.17, 15) is 14.9 Å². The monoisotopic (exact) mass is 299 g/mol. The molecule has 0 bridgehead atoms. The van der Waals surface area contributed by atoms with Gasteiger partial charge in [0, 0.05) is 12.6 Å². The van der Waals surface area contributed by atoms with E-state index >= 15 is 0 Å². The Bertz CT molecular complexity index is 537. The third-order valence-electron chi connectivity index (χ3n) is 3.55. The van der Waals surface area contributed by atoms with Gasteiger partial charge in [0.15, 0.2) is 0 Å². The molecular formula is C12H14ClN3O4. The first-order valence-electron chi connectivity index (χ1n) is 6.25. The number of hydrogen-bond donors (Lipinski definition) is 2. The molecule has 0 radical (unpaired) electrons. The molecule has 1 aliphatic carbocycles. The van der Waals surface area contributed by atoms with Crippen LogP contribution in [0.15, 0.2) is 12.3 Å². The number of nitrogens with zero attached hydrogens (tertiary/aromatic N) is 2. The van der Waals surface area contributed by atoms with Gasteiger partial charge < -0.3 is 10.4 Å². The van der Waals surface area contributed by atoms with Crippen molar-refractivity contribution in [1.82, 2.24) is 4.98 Å². The molecule has 2 rings (SSSR count). The van der Waals surface area contributed by atoms with Gasteiger partial charge in [-0.25, -0.2) is 4.98 Å². The summed E-state index contributed by atoms with van der Waals surface area (Å²) in [7, 11) is 0. The number of pyridine rings is 1. The Kier molecular flexibility index (Phi) is 4.39. The highest BCUT2D eigenvalue weighted by molar-refractivity contribution is 6.33. The lowest BCUT2D eigenvalue weighted by Crippen LogP contribution is -2.24. The second kappa shape index (κ2) is 6.04. The molecule has 1 aromatic rings. The van der Waals surface area contributed by atoms with Crippen molar-refractivity contribution in [3.63, 3.8) is 0 Å². The first-order chi connectivity index (χ1) is 9.49. The molecule has 0 spiro atoms. The molecule has 108 valence electrons. The average molecular weight is 300 g/mol. The highest BCUT2D eigenvalue weighted by Gasteiger charge is 2.32. The fourth-order valence-corrected chi connectivity index (χ4v) is 2.72. The van der Waals surface area contributed by atoms with Crippen molar-refractivity contribution in [3.8, 4) is 0 Å². The topological polar surface area (TPSA) is 105 Å². The number of carbonyl (C=O) groups is 1. The Morgan fingerprint density at radius 3 is 2.95 bits per heavy atom. The van der Waals surface area contributed by atoms with E-state index in [0.29, 0.717) is 18.8 Å². The van der Waals surface area contributed by atoms with E-state index in [1.165, 1.54) is 6.07 Å². The van der Waals surface area contributed by atoms with Crippen LogP contribution in [0, 0.1) is 22.0 Å². The highest BCUT2D eigenvalue weighted by atomic mass is 35.5. The predicted molar refractivity (Wildman–Crippen MR) is 72.9 cm³/mol. The summed E-state index contributed by atoms with van der Waals surface area (Å²) in [5, 5.41) is 22.8. The minimum Gasteiger partial charge on any atom is -0.481 e. The van der Waals surface area contributed by atoms with Crippen molar-refractivity contribution in [1.29, 1.82) is 0 Å². The number of anilines is 1. The van der Waals surface area contributed by atoms with Crippen LogP contribution >= 0.6 is 11.6 Å². The average Bonchev–Trinajstić information content (AvgIpc) is 2.85. The van der Waals surface area contributed by atoms with E-state index in [1.807, 2.05) is 0 Å². The second-order valence-electron chi connectivity index (χ2n) is 4.80. The number of aromatic nitrogens is 1. The van der Waals surface area contributed by atoms with Crippen LogP contribution in [0.4, 0.5) is 11.5 Å². The van der Waals surface area contributed by atoms with Crippen molar-refractivity contribution < 1.29 is 14.8 Å². The fourth-order valence-electron chi connectivity index (χ4n) is 2.49. The highest BCUT2D eigenvalue weighted by Crippen LogP contribution is 2.32. The van der Waals surface area contributed by atoms with Gasteiger partial charge in [-0.1, -0.05) is 18.0 Å². The first-order valence-corrected chi connectivity index (χ1v) is 6.63. The standard InChI is InChI=1S/C12H14ClN3O4/c13-10-4-8(16(19)20)6-15-11(10)14-5-7-2-1-3-9(7)12(17)18/h4,6-7,9H,1-3,5H2,(H,14,15)(H,17,18). The van der Waals surface area contributed by atoms with Gasteiger partial charge in [0.2, 0.25) is 0 Å². The number of hydrogen-bond acceptors (Lipinski definition) is 5. The molecule has 1 heterocycles. The lowest BCUT2D eigenvalue weighted by molar-refractivity contribution is -0.385. The summed E-state index contributed by atoms with van der Waals surface area (Å²) in [6, 6.07) is 1.22. The number of halogens is 1. The van der Waals surface area contributed by atoms with Crippen molar-refractivity contribution in [2.45, 2.75) is 19.3 Å². The summed E-state index contributed by atoms with van der Waals surface area (Å²) in [4.78, 5) is 25.0. The lowest BCUT2D eigenvalue weighted by atomic mass is 9.96. The van der Waals surface area contributed by atoms with Crippen LogP contribution in [0.2, 0.25) is 5.02 Å². The maximum absolute atomic E-state index is 11.1. The molecular weight excluding hydrogens is 286 g/mol. The number of carboxylic acids is 1. The Balaban J connectivity index is 2.00. The minimum atomic E-state index is -0.781. The van der Waals surface area contributed by atoms with Crippen LogP contribution in [-0.2, 0) is 4.79 Å². The molecule has 0 aliphatic heterocycles. The summed E-state index contributed by atoms with van der Waals surface area (Å²) in [5.74, 6) is -0.759. The summed E-state index contributed by atoms with van der Waals surface area (Å²) in [6.07, 6.45) is 3.54. The summed E-state index contributed by atoms with van der Waals surface area (Å²) in [6.45, 7) is 0.446. The number of rotatable bonds is 5. The second-order valence-corrected chi connectivity index (χ2v) is 5.20. The van der Waals surface area contributed by atoms with Gasteiger partial charge in [0.25, 0.3) is 5.69 Å². The smallest absolute Gasteiger partial charge is 0.306 e. The van der Waals surface area contributed by atoms with E-state index in [4.69, 9.17) is 16.7 Å². The van der Waals surface area contributed by atoms with Gasteiger partial charge in [-0.05, 0) is 18.8 Å². The quantitative estimate of drug-likeness (QED) is 0.639. The van der Waals surface area contributed by atoms with Gasteiger partial charge in [0.05, 0.1) is 15.9 Å². The molecule has 0 aromatic carbocycles. The lowest BCUT2D eigenvalue weighted by Gasteiger charge is -2.17. The zero-order valence-electron chi connectivity index (χ0n) is 10.6. The third kappa shape index (κ3) is 3.16. The Morgan fingerprint density at radius 1 is 1.60 bits per heavy atom. The third-order valence-corrected chi connectivity index (χ3v) is 3.83. The van der Waals surface area contributed by atoms with Gasteiger partial charge >= 0.3 is 5.97 Å².